The summed E-state index contributed by atoms with van der Waals surface area (Å²) in [6.45, 7) is 0. The number of benzene rings is 2. The van der Waals surface area contributed by atoms with Gasteiger partial charge in [-0.15, -0.1) is 0 Å². The molecule has 0 fully saturated rings. The summed E-state index contributed by atoms with van der Waals surface area (Å²) in [6.07, 6.45) is 4.73. The lowest BCUT2D eigenvalue weighted by Gasteiger charge is -2.04. The average Bonchev–Trinajstić information content (AvgIpc) is 2.79. The van der Waals surface area contributed by atoms with E-state index in [4.69, 9.17) is 9.47 Å². The maximum Gasteiger partial charge on any atom is 0.240 e. The molecule has 0 bridgehead atoms. The van der Waals surface area contributed by atoms with Gasteiger partial charge in [-0.3, -0.25) is 9.59 Å². The van der Waals surface area contributed by atoms with Crippen LogP contribution in [0.15, 0.2) is 55.5 Å². The van der Waals surface area contributed by atoms with Gasteiger partial charge in [-0.25, -0.2) is 10.9 Å². The Morgan fingerprint density at radius 1 is 0.812 bits per heavy atom. The van der Waals surface area contributed by atoms with E-state index in [9.17, 15) is 9.59 Å². The molecule has 10 heteroatoms. The molecular formula is C22H24Br2N4O4. The van der Waals surface area contributed by atoms with Crippen LogP contribution in [0.3, 0.4) is 0 Å². The summed E-state index contributed by atoms with van der Waals surface area (Å²) in [7, 11) is 3.16. The predicted octanol–water partition coefficient (Wildman–Crippen LogP) is 4.39. The van der Waals surface area contributed by atoms with Crippen LogP contribution in [0.4, 0.5) is 0 Å². The highest BCUT2D eigenvalue weighted by Gasteiger charge is 2.04. The number of carbonyl (C=O) groups is 2. The van der Waals surface area contributed by atoms with Gasteiger partial charge in [0.2, 0.25) is 11.8 Å². The van der Waals surface area contributed by atoms with Gasteiger partial charge in [0.1, 0.15) is 11.5 Å². The first-order valence-electron chi connectivity index (χ1n) is 9.74. The lowest BCUT2D eigenvalue weighted by molar-refractivity contribution is -0.123. The van der Waals surface area contributed by atoms with E-state index in [1.54, 1.807) is 26.4 Å². The van der Waals surface area contributed by atoms with Crippen LogP contribution < -0.4 is 20.3 Å². The Kier molecular flexibility index (Phi) is 10.9. The molecule has 0 aliphatic heterocycles. The third kappa shape index (κ3) is 8.80. The number of halogens is 2. The third-order valence-corrected chi connectivity index (χ3v) is 5.69. The van der Waals surface area contributed by atoms with Crippen molar-refractivity contribution in [3.05, 3.63) is 56.5 Å². The summed E-state index contributed by atoms with van der Waals surface area (Å²) >= 11 is 6.83. The lowest BCUT2D eigenvalue weighted by Crippen LogP contribution is -2.19. The molecule has 0 heterocycles. The van der Waals surface area contributed by atoms with Gasteiger partial charge >= 0.3 is 0 Å². The molecule has 32 heavy (non-hydrogen) atoms. The molecule has 170 valence electrons. The minimum absolute atomic E-state index is 0.221. The van der Waals surface area contributed by atoms with Crippen molar-refractivity contribution in [3.8, 4) is 11.5 Å². The molecule has 0 saturated heterocycles. The van der Waals surface area contributed by atoms with E-state index in [-0.39, 0.29) is 24.7 Å². The highest BCUT2D eigenvalue weighted by atomic mass is 79.9. The number of hydrogen-bond donors (Lipinski definition) is 2. The zero-order chi connectivity index (χ0) is 23.3. The van der Waals surface area contributed by atoms with Crippen LogP contribution >= 0.6 is 31.9 Å². The summed E-state index contributed by atoms with van der Waals surface area (Å²) < 4.78 is 12.0. The Labute approximate surface area is 203 Å². The van der Waals surface area contributed by atoms with Crippen LogP contribution in [-0.4, -0.2) is 38.5 Å². The first kappa shape index (κ1) is 25.5. The second-order valence-electron chi connectivity index (χ2n) is 6.57. The molecule has 0 spiro atoms. The van der Waals surface area contributed by atoms with Gasteiger partial charge in [0.25, 0.3) is 0 Å². The molecule has 0 unspecified atom stereocenters. The Bertz CT molecular complexity index is 916. The SMILES string of the molecule is COc1ccc(Br)c(/C=N/NC(=O)CCCCC(=O)N/N=C/c2cc(OC)ccc2Br)c1. The minimum atomic E-state index is -0.221. The van der Waals surface area contributed by atoms with E-state index in [0.717, 1.165) is 20.1 Å². The fraction of sp³-hybridized carbons (Fsp3) is 0.273. The molecule has 0 aliphatic rings. The molecule has 8 nitrogen and oxygen atoms in total. The Balaban J connectivity index is 1.66. The molecule has 0 radical (unpaired) electrons. The minimum Gasteiger partial charge on any atom is -0.497 e. The second-order valence-corrected chi connectivity index (χ2v) is 8.28. The van der Waals surface area contributed by atoms with Gasteiger partial charge in [0.15, 0.2) is 0 Å². The van der Waals surface area contributed by atoms with Gasteiger partial charge in [-0.2, -0.15) is 10.2 Å². The van der Waals surface area contributed by atoms with E-state index in [1.165, 1.54) is 12.4 Å². The normalized spacial score (nSPS) is 11.0. The van der Waals surface area contributed by atoms with Crippen molar-refractivity contribution in [2.75, 3.05) is 14.2 Å². The quantitative estimate of drug-likeness (QED) is 0.239. The molecular weight excluding hydrogens is 544 g/mol. The van der Waals surface area contributed by atoms with Crippen LogP contribution in [0.25, 0.3) is 0 Å². The number of unbranched alkanes of at least 4 members (excludes halogenated alkanes) is 1. The van der Waals surface area contributed by atoms with Crippen molar-refractivity contribution in [2.24, 2.45) is 10.2 Å². The number of rotatable bonds is 11. The molecule has 2 rings (SSSR count). The standard InChI is InChI=1S/C22H24Br2N4O4/c1-31-17-7-9-19(23)15(11-17)13-25-27-21(29)5-3-4-6-22(30)28-26-14-16-12-18(32-2)8-10-20(16)24/h7-14H,3-6H2,1-2H3,(H,27,29)(H,28,30)/b25-13+,26-14+. The predicted molar refractivity (Wildman–Crippen MR) is 131 cm³/mol. The van der Waals surface area contributed by atoms with Crippen LogP contribution in [0, 0.1) is 0 Å². The number of hydrazone groups is 2. The van der Waals surface area contributed by atoms with Crippen molar-refractivity contribution < 1.29 is 19.1 Å². The van der Waals surface area contributed by atoms with E-state index in [2.05, 4.69) is 52.9 Å². The van der Waals surface area contributed by atoms with Gasteiger partial charge in [0, 0.05) is 32.9 Å². The number of nitrogens with zero attached hydrogens (tertiary/aromatic N) is 2. The fourth-order valence-electron chi connectivity index (χ4n) is 2.53. The molecule has 0 aliphatic carbocycles. The van der Waals surface area contributed by atoms with Crippen molar-refractivity contribution in [3.63, 3.8) is 0 Å². The monoisotopic (exact) mass is 566 g/mol. The van der Waals surface area contributed by atoms with Crippen LogP contribution in [0.2, 0.25) is 0 Å². The molecule has 0 aromatic heterocycles. The molecule has 2 aromatic carbocycles. The molecule has 2 N–H and O–H groups in total. The average molecular weight is 568 g/mol. The highest BCUT2D eigenvalue weighted by molar-refractivity contribution is 9.10. The fourth-order valence-corrected chi connectivity index (χ4v) is 3.22. The number of carbonyl (C=O) groups excluding carboxylic acids is 2. The second kappa shape index (κ2) is 13.6. The summed E-state index contributed by atoms with van der Waals surface area (Å²) in [5, 5.41) is 7.92. The van der Waals surface area contributed by atoms with Gasteiger partial charge < -0.3 is 9.47 Å². The van der Waals surface area contributed by atoms with Crippen molar-refractivity contribution >= 4 is 56.1 Å². The third-order valence-electron chi connectivity index (χ3n) is 4.25. The molecule has 0 saturated carbocycles. The summed E-state index contributed by atoms with van der Waals surface area (Å²) in [6, 6.07) is 10.9. The van der Waals surface area contributed by atoms with Crippen LogP contribution in [0.1, 0.15) is 36.8 Å². The van der Waals surface area contributed by atoms with Gasteiger partial charge in [-0.1, -0.05) is 31.9 Å². The van der Waals surface area contributed by atoms with Crippen LogP contribution in [0.5, 0.6) is 11.5 Å². The van der Waals surface area contributed by atoms with Crippen molar-refractivity contribution in [2.45, 2.75) is 25.7 Å². The summed E-state index contributed by atoms with van der Waals surface area (Å²) in [5.41, 5.74) is 6.52. The van der Waals surface area contributed by atoms with Crippen molar-refractivity contribution in [1.29, 1.82) is 0 Å². The first-order valence-corrected chi connectivity index (χ1v) is 11.3. The number of nitrogens with one attached hydrogen (secondary N) is 2. The van der Waals surface area contributed by atoms with Gasteiger partial charge in [-0.05, 0) is 49.2 Å². The number of hydrogen-bond acceptors (Lipinski definition) is 6. The maximum atomic E-state index is 11.9. The Hall–Kier alpha value is -2.72. The van der Waals surface area contributed by atoms with E-state index in [1.807, 2.05) is 24.3 Å². The molecule has 2 aromatic rings. The van der Waals surface area contributed by atoms with E-state index < -0.39 is 0 Å². The highest BCUT2D eigenvalue weighted by Crippen LogP contribution is 2.21. The topological polar surface area (TPSA) is 101 Å². The largest absolute Gasteiger partial charge is 0.497 e. The lowest BCUT2D eigenvalue weighted by atomic mass is 10.2. The Morgan fingerprint density at radius 2 is 1.22 bits per heavy atom. The van der Waals surface area contributed by atoms with Crippen molar-refractivity contribution in [1.82, 2.24) is 10.9 Å². The zero-order valence-corrected chi connectivity index (χ0v) is 20.9. The first-order chi connectivity index (χ1) is 15.4. The molecule has 2 amide bonds. The van der Waals surface area contributed by atoms with Crippen LogP contribution in [-0.2, 0) is 9.59 Å². The number of methoxy groups -OCH3 is 2. The maximum absolute atomic E-state index is 11.9. The Morgan fingerprint density at radius 3 is 1.59 bits per heavy atom. The summed E-state index contributed by atoms with van der Waals surface area (Å²) in [4.78, 5) is 23.8. The molecule has 0 atom stereocenters. The number of amides is 2. The number of ether oxygens (including phenoxy) is 2. The van der Waals surface area contributed by atoms with Gasteiger partial charge in [0.05, 0.1) is 26.6 Å². The smallest absolute Gasteiger partial charge is 0.240 e. The van der Waals surface area contributed by atoms with E-state index >= 15 is 0 Å². The summed E-state index contributed by atoms with van der Waals surface area (Å²) in [5.74, 6) is 0.947. The zero-order valence-electron chi connectivity index (χ0n) is 17.7. The van der Waals surface area contributed by atoms with E-state index in [0.29, 0.717) is 24.3 Å².